The summed E-state index contributed by atoms with van der Waals surface area (Å²) in [5, 5.41) is 0.688. The number of H-pyrrole nitrogens is 1. The van der Waals surface area contributed by atoms with E-state index in [-0.39, 0.29) is 5.69 Å². The van der Waals surface area contributed by atoms with E-state index in [1.54, 1.807) is 16.7 Å². The molecule has 1 heterocycles. The van der Waals surface area contributed by atoms with Crippen molar-refractivity contribution in [1.29, 1.82) is 0 Å². The Morgan fingerprint density at radius 3 is 2.67 bits per heavy atom. The fourth-order valence-corrected chi connectivity index (χ4v) is 2.40. The Kier molecular flexibility index (Phi) is 3.97. The zero-order valence-electron chi connectivity index (χ0n) is 11.4. The monoisotopic (exact) mass is 302 g/mol. The Labute approximate surface area is 126 Å². The van der Waals surface area contributed by atoms with Crippen molar-refractivity contribution in [1.82, 2.24) is 9.55 Å². The molecule has 0 aliphatic carbocycles. The van der Waals surface area contributed by atoms with Crippen LogP contribution in [0.5, 0.6) is 5.75 Å². The van der Waals surface area contributed by atoms with Gasteiger partial charge in [-0.1, -0.05) is 23.7 Å². The van der Waals surface area contributed by atoms with Gasteiger partial charge in [0.25, 0.3) is 0 Å². The van der Waals surface area contributed by atoms with Gasteiger partial charge in [-0.05, 0) is 42.8 Å². The van der Waals surface area contributed by atoms with Gasteiger partial charge in [0.15, 0.2) is 0 Å². The lowest BCUT2D eigenvalue weighted by Crippen LogP contribution is -2.18. The van der Waals surface area contributed by atoms with Crippen molar-refractivity contribution in [2.75, 3.05) is 6.61 Å². The molecule has 0 amide bonds. The van der Waals surface area contributed by atoms with E-state index < -0.39 is 0 Å². The number of benzene rings is 2. The maximum absolute atomic E-state index is 11.9. The van der Waals surface area contributed by atoms with Crippen LogP contribution < -0.4 is 10.4 Å². The first-order chi connectivity index (χ1) is 10.2. The third-order valence-corrected chi connectivity index (χ3v) is 3.54. The highest BCUT2D eigenvalue weighted by molar-refractivity contribution is 6.30. The zero-order valence-corrected chi connectivity index (χ0v) is 12.1. The van der Waals surface area contributed by atoms with Gasteiger partial charge >= 0.3 is 5.69 Å². The Morgan fingerprint density at radius 1 is 1.10 bits per heavy atom. The smallest absolute Gasteiger partial charge is 0.326 e. The van der Waals surface area contributed by atoms with Gasteiger partial charge in [0, 0.05) is 11.6 Å². The van der Waals surface area contributed by atoms with Crippen LogP contribution in [-0.4, -0.2) is 16.2 Å². The van der Waals surface area contributed by atoms with E-state index in [0.717, 1.165) is 23.2 Å². The quantitative estimate of drug-likeness (QED) is 0.734. The summed E-state index contributed by atoms with van der Waals surface area (Å²) in [6.07, 6.45) is 0.754. The second-order valence-corrected chi connectivity index (χ2v) is 5.19. The van der Waals surface area contributed by atoms with E-state index in [4.69, 9.17) is 16.3 Å². The van der Waals surface area contributed by atoms with E-state index in [2.05, 4.69) is 4.98 Å². The SMILES string of the molecule is O=c1[nH]c2ccccc2n1CCCOc1ccc(Cl)cc1. The topological polar surface area (TPSA) is 47.0 Å². The number of rotatable bonds is 5. The summed E-state index contributed by atoms with van der Waals surface area (Å²) in [4.78, 5) is 14.7. The van der Waals surface area contributed by atoms with E-state index in [1.165, 1.54) is 0 Å². The lowest BCUT2D eigenvalue weighted by Gasteiger charge is -2.07. The molecule has 21 heavy (non-hydrogen) atoms. The number of ether oxygens (including phenoxy) is 1. The number of hydrogen-bond donors (Lipinski definition) is 1. The summed E-state index contributed by atoms with van der Waals surface area (Å²) in [7, 11) is 0. The number of imidazole rings is 1. The average molecular weight is 303 g/mol. The maximum Gasteiger partial charge on any atom is 0.326 e. The zero-order chi connectivity index (χ0) is 14.7. The minimum atomic E-state index is -0.0808. The summed E-state index contributed by atoms with van der Waals surface area (Å²) in [5.41, 5.74) is 1.71. The normalized spacial score (nSPS) is 10.9. The van der Waals surface area contributed by atoms with Crippen LogP contribution >= 0.6 is 11.6 Å². The van der Waals surface area contributed by atoms with Gasteiger partial charge in [0.2, 0.25) is 0 Å². The minimum absolute atomic E-state index is 0.0808. The van der Waals surface area contributed by atoms with Gasteiger partial charge in [0.05, 0.1) is 17.6 Å². The molecule has 1 aromatic heterocycles. The molecule has 0 saturated carbocycles. The van der Waals surface area contributed by atoms with Crippen LogP contribution in [-0.2, 0) is 6.54 Å². The molecule has 0 fully saturated rings. The average Bonchev–Trinajstić information content (AvgIpc) is 2.81. The second-order valence-electron chi connectivity index (χ2n) is 4.75. The summed E-state index contributed by atoms with van der Waals surface area (Å²) in [6.45, 7) is 1.17. The predicted octanol–water partition coefficient (Wildman–Crippen LogP) is 3.45. The fraction of sp³-hybridized carbons (Fsp3) is 0.188. The van der Waals surface area contributed by atoms with Gasteiger partial charge in [0.1, 0.15) is 5.75 Å². The Bertz CT molecular complexity index is 790. The van der Waals surface area contributed by atoms with Gasteiger partial charge in [-0.25, -0.2) is 4.79 Å². The molecule has 2 aromatic carbocycles. The van der Waals surface area contributed by atoms with Crippen LogP contribution in [0, 0.1) is 0 Å². The molecule has 5 heteroatoms. The molecule has 108 valence electrons. The summed E-state index contributed by atoms with van der Waals surface area (Å²) in [6, 6.07) is 14.9. The highest BCUT2D eigenvalue weighted by atomic mass is 35.5. The van der Waals surface area contributed by atoms with Crippen molar-refractivity contribution in [3.63, 3.8) is 0 Å². The first-order valence-corrected chi connectivity index (χ1v) is 7.18. The molecule has 4 nitrogen and oxygen atoms in total. The van der Waals surface area contributed by atoms with Crippen LogP contribution in [0.2, 0.25) is 5.02 Å². The summed E-state index contributed by atoms with van der Waals surface area (Å²) in [5.74, 6) is 0.783. The lowest BCUT2D eigenvalue weighted by atomic mass is 10.3. The lowest BCUT2D eigenvalue weighted by molar-refractivity contribution is 0.302. The second kappa shape index (κ2) is 6.06. The van der Waals surface area contributed by atoms with Crippen LogP contribution in [0.4, 0.5) is 0 Å². The first-order valence-electron chi connectivity index (χ1n) is 6.80. The molecule has 0 spiro atoms. The molecule has 0 radical (unpaired) electrons. The number of fused-ring (bicyclic) bond motifs is 1. The van der Waals surface area contributed by atoms with E-state index in [1.807, 2.05) is 36.4 Å². The molecule has 0 bridgehead atoms. The molecule has 0 atom stereocenters. The van der Waals surface area contributed by atoms with Crippen LogP contribution in [0.15, 0.2) is 53.3 Å². The van der Waals surface area contributed by atoms with Gasteiger partial charge in [-0.3, -0.25) is 4.57 Å². The number of para-hydroxylation sites is 2. The van der Waals surface area contributed by atoms with Crippen LogP contribution in [0.3, 0.4) is 0 Å². The fourth-order valence-electron chi connectivity index (χ4n) is 2.27. The number of aromatic amines is 1. The predicted molar refractivity (Wildman–Crippen MR) is 84.1 cm³/mol. The van der Waals surface area contributed by atoms with E-state index >= 15 is 0 Å². The largest absolute Gasteiger partial charge is 0.494 e. The van der Waals surface area contributed by atoms with E-state index in [0.29, 0.717) is 18.2 Å². The highest BCUT2D eigenvalue weighted by Crippen LogP contribution is 2.16. The third-order valence-electron chi connectivity index (χ3n) is 3.29. The van der Waals surface area contributed by atoms with Crippen LogP contribution in [0.25, 0.3) is 11.0 Å². The van der Waals surface area contributed by atoms with Crippen molar-refractivity contribution in [2.24, 2.45) is 0 Å². The van der Waals surface area contributed by atoms with Crippen molar-refractivity contribution in [2.45, 2.75) is 13.0 Å². The molecule has 0 unspecified atom stereocenters. The molecular formula is C16H15ClN2O2. The first kappa shape index (κ1) is 13.8. The summed E-state index contributed by atoms with van der Waals surface area (Å²) < 4.78 is 7.36. The molecule has 0 saturated heterocycles. The van der Waals surface area contributed by atoms with Gasteiger partial charge in [-0.2, -0.15) is 0 Å². The maximum atomic E-state index is 11.9. The minimum Gasteiger partial charge on any atom is -0.494 e. The number of nitrogens with one attached hydrogen (secondary N) is 1. The van der Waals surface area contributed by atoms with Crippen molar-refractivity contribution in [3.8, 4) is 5.75 Å². The molecule has 3 rings (SSSR count). The third kappa shape index (κ3) is 3.11. The summed E-state index contributed by atoms with van der Waals surface area (Å²) >= 11 is 5.82. The Morgan fingerprint density at radius 2 is 1.86 bits per heavy atom. The van der Waals surface area contributed by atoms with Crippen molar-refractivity contribution < 1.29 is 4.74 Å². The molecular weight excluding hydrogens is 288 g/mol. The van der Waals surface area contributed by atoms with Crippen molar-refractivity contribution in [3.05, 3.63) is 64.0 Å². The Balaban J connectivity index is 1.61. The standard InChI is InChI=1S/C16H15ClN2O2/c17-12-6-8-13(9-7-12)21-11-3-10-19-15-5-2-1-4-14(15)18-16(19)20/h1-2,4-9H,3,10-11H2,(H,18,20). The van der Waals surface area contributed by atoms with Crippen LogP contribution in [0.1, 0.15) is 6.42 Å². The molecule has 0 aliphatic rings. The Hall–Kier alpha value is -2.20. The molecule has 0 aliphatic heterocycles. The number of hydrogen-bond acceptors (Lipinski definition) is 2. The van der Waals surface area contributed by atoms with E-state index in [9.17, 15) is 4.79 Å². The number of aryl methyl sites for hydroxylation is 1. The molecule has 3 aromatic rings. The number of nitrogens with zero attached hydrogens (tertiary/aromatic N) is 1. The van der Waals surface area contributed by atoms with Gasteiger partial charge in [-0.15, -0.1) is 0 Å². The molecule has 1 N–H and O–H groups in total. The highest BCUT2D eigenvalue weighted by Gasteiger charge is 2.05. The number of halogens is 1. The van der Waals surface area contributed by atoms with Crippen molar-refractivity contribution >= 4 is 22.6 Å². The van der Waals surface area contributed by atoms with Gasteiger partial charge < -0.3 is 9.72 Å². The number of aromatic nitrogens is 2.